The van der Waals surface area contributed by atoms with E-state index < -0.39 is 31.0 Å². The van der Waals surface area contributed by atoms with E-state index in [-0.39, 0.29) is 0 Å². The van der Waals surface area contributed by atoms with Gasteiger partial charge in [-0.15, -0.1) is 0 Å². The molecule has 0 spiro atoms. The molecule has 1 aromatic carbocycles. The molecule has 1 aliphatic heterocycles. The molecule has 1 aliphatic rings. The highest BCUT2D eigenvalue weighted by Gasteiger charge is 2.33. The lowest BCUT2D eigenvalue weighted by Crippen LogP contribution is -2.54. The molecule has 7 nitrogen and oxygen atoms in total. The fourth-order valence-corrected chi connectivity index (χ4v) is 2.92. The zero-order chi connectivity index (χ0) is 18.9. The number of benzene rings is 1. The van der Waals surface area contributed by atoms with Gasteiger partial charge in [0, 0.05) is 13.1 Å². The molecule has 2 rings (SSSR count). The topological polar surface area (TPSA) is 103 Å². The molecule has 4 N–H and O–H groups in total. The van der Waals surface area contributed by atoms with Crippen molar-refractivity contribution in [1.29, 1.82) is 0 Å². The summed E-state index contributed by atoms with van der Waals surface area (Å²) in [5.41, 5.74) is 0.927. The standard InChI is InChI=1S/C19H29NO6/c1-2-26-15-6-3-14(4-7-15)5-8-16(20-9-11-25-12-10-20)18(23)19(24)17(22)13-21/h3-8,16-19,21-24H,2,9-13H2,1H3/b8-5+/t16?,17-,18-,19-/m1/s1. The fraction of sp³-hybridized carbons (Fsp3) is 0.579. The molecule has 0 amide bonds. The van der Waals surface area contributed by atoms with E-state index >= 15 is 0 Å². The number of nitrogens with zero attached hydrogens (tertiary/aromatic N) is 1. The Kier molecular flexibility index (Phi) is 8.50. The van der Waals surface area contributed by atoms with E-state index in [2.05, 4.69) is 0 Å². The van der Waals surface area contributed by atoms with Crippen LogP contribution in [0.2, 0.25) is 0 Å². The van der Waals surface area contributed by atoms with Gasteiger partial charge in [0.25, 0.3) is 0 Å². The van der Waals surface area contributed by atoms with Gasteiger partial charge in [-0.3, -0.25) is 4.90 Å². The predicted molar refractivity (Wildman–Crippen MR) is 97.9 cm³/mol. The number of morpholine rings is 1. The molecular weight excluding hydrogens is 338 g/mol. The lowest BCUT2D eigenvalue weighted by Gasteiger charge is -2.37. The van der Waals surface area contributed by atoms with Crippen LogP contribution in [0.15, 0.2) is 30.3 Å². The first-order valence-corrected chi connectivity index (χ1v) is 8.94. The summed E-state index contributed by atoms with van der Waals surface area (Å²) >= 11 is 0. The Balaban J connectivity index is 2.14. The first-order valence-electron chi connectivity index (χ1n) is 8.94. The monoisotopic (exact) mass is 367 g/mol. The van der Waals surface area contributed by atoms with E-state index in [1.807, 2.05) is 42.2 Å². The summed E-state index contributed by atoms with van der Waals surface area (Å²) < 4.78 is 10.8. The van der Waals surface area contributed by atoms with E-state index in [1.54, 1.807) is 6.08 Å². The van der Waals surface area contributed by atoms with Crippen molar-refractivity contribution in [3.63, 3.8) is 0 Å². The molecule has 26 heavy (non-hydrogen) atoms. The lowest BCUT2D eigenvalue weighted by molar-refractivity contribution is -0.103. The van der Waals surface area contributed by atoms with Crippen molar-refractivity contribution in [3.8, 4) is 5.75 Å². The van der Waals surface area contributed by atoms with Gasteiger partial charge >= 0.3 is 0 Å². The van der Waals surface area contributed by atoms with Crippen LogP contribution in [0.3, 0.4) is 0 Å². The van der Waals surface area contributed by atoms with Gasteiger partial charge in [-0.2, -0.15) is 0 Å². The summed E-state index contributed by atoms with van der Waals surface area (Å²) in [6, 6.07) is 7.04. The van der Waals surface area contributed by atoms with Gasteiger partial charge in [-0.05, 0) is 24.6 Å². The van der Waals surface area contributed by atoms with Crippen molar-refractivity contribution in [1.82, 2.24) is 4.90 Å². The highest BCUT2D eigenvalue weighted by Crippen LogP contribution is 2.18. The lowest BCUT2D eigenvalue weighted by atomic mass is 9.98. The summed E-state index contributed by atoms with van der Waals surface area (Å²) in [7, 11) is 0. The molecule has 0 aliphatic carbocycles. The van der Waals surface area contributed by atoms with Crippen LogP contribution in [0.4, 0.5) is 0 Å². The van der Waals surface area contributed by atoms with Gasteiger partial charge < -0.3 is 29.9 Å². The van der Waals surface area contributed by atoms with E-state index in [4.69, 9.17) is 14.6 Å². The predicted octanol–water partition coefficient (Wildman–Crippen LogP) is -0.126. The van der Waals surface area contributed by atoms with Crippen molar-refractivity contribution in [2.75, 3.05) is 39.5 Å². The molecular formula is C19H29NO6. The number of rotatable bonds is 9. The highest BCUT2D eigenvalue weighted by atomic mass is 16.5. The minimum absolute atomic E-state index is 0.512. The molecule has 1 unspecified atom stereocenters. The van der Waals surface area contributed by atoms with Crippen LogP contribution in [0.1, 0.15) is 12.5 Å². The van der Waals surface area contributed by atoms with Gasteiger partial charge in [0.05, 0.1) is 32.5 Å². The molecule has 1 heterocycles. The second-order valence-corrected chi connectivity index (χ2v) is 6.23. The molecule has 0 bridgehead atoms. The smallest absolute Gasteiger partial charge is 0.119 e. The summed E-state index contributed by atoms with van der Waals surface area (Å²) in [4.78, 5) is 1.99. The highest BCUT2D eigenvalue weighted by molar-refractivity contribution is 5.51. The quantitative estimate of drug-likeness (QED) is 0.482. The average Bonchev–Trinajstić information content (AvgIpc) is 2.69. The van der Waals surface area contributed by atoms with Gasteiger partial charge in [-0.1, -0.05) is 24.3 Å². The van der Waals surface area contributed by atoms with Crippen molar-refractivity contribution >= 4 is 6.08 Å². The van der Waals surface area contributed by atoms with Crippen molar-refractivity contribution in [3.05, 3.63) is 35.9 Å². The third-order valence-corrected chi connectivity index (χ3v) is 4.43. The number of ether oxygens (including phenoxy) is 2. The number of hydrogen-bond acceptors (Lipinski definition) is 7. The molecule has 1 saturated heterocycles. The minimum atomic E-state index is -1.45. The zero-order valence-electron chi connectivity index (χ0n) is 15.1. The molecule has 0 radical (unpaired) electrons. The number of hydrogen-bond donors (Lipinski definition) is 4. The summed E-state index contributed by atoms with van der Waals surface area (Å²) in [5.74, 6) is 0.788. The van der Waals surface area contributed by atoms with Crippen LogP contribution in [0.25, 0.3) is 6.08 Å². The van der Waals surface area contributed by atoms with Crippen molar-refractivity contribution in [2.45, 2.75) is 31.3 Å². The third kappa shape index (κ3) is 5.77. The van der Waals surface area contributed by atoms with E-state index in [1.165, 1.54) is 0 Å². The van der Waals surface area contributed by atoms with Gasteiger partial charge in [0.15, 0.2) is 0 Å². The fourth-order valence-electron chi connectivity index (χ4n) is 2.92. The van der Waals surface area contributed by atoms with Gasteiger partial charge in [0.2, 0.25) is 0 Å². The van der Waals surface area contributed by atoms with Crippen LogP contribution in [0, 0.1) is 0 Å². The SMILES string of the molecule is CCOc1ccc(/C=C/C([C@@H](O)[C@H](O)[C@H](O)CO)N2CCOCC2)cc1. The third-order valence-electron chi connectivity index (χ3n) is 4.43. The summed E-state index contributed by atoms with van der Waals surface area (Å²) in [5, 5.41) is 39.4. The van der Waals surface area contributed by atoms with Crippen LogP contribution in [0.5, 0.6) is 5.75 Å². The Morgan fingerprint density at radius 3 is 2.35 bits per heavy atom. The van der Waals surface area contributed by atoms with Gasteiger partial charge in [0.1, 0.15) is 24.1 Å². The van der Waals surface area contributed by atoms with E-state index in [0.29, 0.717) is 32.9 Å². The Labute approximate surface area is 154 Å². The first-order chi connectivity index (χ1) is 12.6. The van der Waals surface area contributed by atoms with Crippen LogP contribution < -0.4 is 4.74 Å². The second-order valence-electron chi connectivity index (χ2n) is 6.23. The molecule has 0 saturated carbocycles. The Morgan fingerprint density at radius 1 is 1.12 bits per heavy atom. The first kappa shape index (κ1) is 20.8. The Hall–Kier alpha value is -1.48. The van der Waals surface area contributed by atoms with E-state index in [0.717, 1.165) is 11.3 Å². The van der Waals surface area contributed by atoms with Gasteiger partial charge in [-0.25, -0.2) is 0 Å². The summed E-state index contributed by atoms with van der Waals surface area (Å²) in [6.45, 7) is 4.21. The average molecular weight is 367 g/mol. The molecule has 0 aromatic heterocycles. The van der Waals surface area contributed by atoms with Crippen LogP contribution in [-0.4, -0.2) is 89.2 Å². The molecule has 7 heteroatoms. The molecule has 146 valence electrons. The normalized spacial score (nSPS) is 20.7. The largest absolute Gasteiger partial charge is 0.494 e. The number of aliphatic hydroxyl groups excluding tert-OH is 4. The molecule has 1 aromatic rings. The van der Waals surface area contributed by atoms with E-state index in [9.17, 15) is 15.3 Å². The van der Waals surface area contributed by atoms with Crippen molar-refractivity contribution in [2.24, 2.45) is 0 Å². The zero-order valence-corrected chi connectivity index (χ0v) is 15.1. The van der Waals surface area contributed by atoms with Crippen molar-refractivity contribution < 1.29 is 29.9 Å². The second kappa shape index (κ2) is 10.6. The maximum atomic E-state index is 10.5. The molecule has 1 fully saturated rings. The number of aliphatic hydroxyl groups is 4. The Morgan fingerprint density at radius 2 is 1.77 bits per heavy atom. The Bertz CT molecular complexity index is 543. The maximum Gasteiger partial charge on any atom is 0.119 e. The maximum absolute atomic E-state index is 10.5. The van der Waals surface area contributed by atoms with Crippen LogP contribution >= 0.6 is 0 Å². The summed E-state index contributed by atoms with van der Waals surface area (Å²) in [6.07, 6.45) is -0.421. The van der Waals surface area contributed by atoms with Crippen LogP contribution in [-0.2, 0) is 4.74 Å². The molecule has 4 atom stereocenters. The minimum Gasteiger partial charge on any atom is -0.494 e.